The van der Waals surface area contributed by atoms with Gasteiger partial charge in [-0.3, -0.25) is 4.98 Å². The van der Waals surface area contributed by atoms with Crippen molar-refractivity contribution in [2.75, 3.05) is 6.61 Å². The van der Waals surface area contributed by atoms with E-state index in [1.807, 2.05) is 0 Å². The summed E-state index contributed by atoms with van der Waals surface area (Å²) in [6, 6.07) is 2.28. The zero-order valence-corrected chi connectivity index (χ0v) is 12.1. The van der Waals surface area contributed by atoms with Crippen LogP contribution in [0.4, 0.5) is 13.6 Å². The van der Waals surface area contributed by atoms with Gasteiger partial charge in [0, 0.05) is 17.7 Å². The molecule has 1 heterocycles. The lowest BCUT2D eigenvalue weighted by Crippen LogP contribution is -2.13. The Bertz CT molecular complexity index is 781. The summed E-state index contributed by atoms with van der Waals surface area (Å²) in [5.41, 5.74) is 1.14. The van der Waals surface area contributed by atoms with Crippen molar-refractivity contribution in [2.45, 2.75) is 20.3 Å². The second-order valence-corrected chi connectivity index (χ2v) is 4.56. The monoisotopic (exact) mass is 305 g/mol. The van der Waals surface area contributed by atoms with Crippen LogP contribution in [0.2, 0.25) is 0 Å². The van der Waals surface area contributed by atoms with Gasteiger partial charge in [-0.1, -0.05) is 0 Å². The number of hydrogen-bond donors (Lipinski definition) is 0. The molecule has 0 radical (unpaired) electrons. The first-order chi connectivity index (χ1) is 10.5. The molecular formula is C16H13F2NO3. The first-order valence-electron chi connectivity index (χ1n) is 6.48. The number of terminal acetylenes is 1. The number of ether oxygens (including phenoxy) is 2. The maximum Gasteiger partial charge on any atom is 0.513 e. The standard InChI is InChI=1S/C16H13F2NO3/c1-4-5-8-21-16(20)22-15-9(2)10(3)19-12-7-6-11(17)14(18)13(12)15/h1,6-7H,5,8H2,2-3H3. The third kappa shape index (κ3) is 2.98. The number of benzene rings is 1. The molecule has 0 fully saturated rings. The molecule has 2 rings (SSSR count). The molecule has 0 spiro atoms. The Morgan fingerprint density at radius 2 is 2.09 bits per heavy atom. The first kappa shape index (κ1) is 15.7. The number of aromatic nitrogens is 1. The molecule has 0 aliphatic carbocycles. The van der Waals surface area contributed by atoms with E-state index in [9.17, 15) is 13.6 Å². The molecular weight excluding hydrogens is 292 g/mol. The third-order valence-electron chi connectivity index (χ3n) is 3.12. The zero-order chi connectivity index (χ0) is 16.3. The highest BCUT2D eigenvalue weighted by Gasteiger charge is 2.20. The number of carbonyl (C=O) groups excluding carboxylic acids is 1. The summed E-state index contributed by atoms with van der Waals surface area (Å²) in [5, 5.41) is -0.197. The highest BCUT2D eigenvalue weighted by molar-refractivity contribution is 5.89. The van der Waals surface area contributed by atoms with Crippen LogP contribution in [0.3, 0.4) is 0 Å². The SMILES string of the molecule is C#CCCOC(=O)Oc1c(C)c(C)nc2ccc(F)c(F)c12. The molecule has 2 aromatic rings. The fraction of sp³-hybridized carbons (Fsp3) is 0.250. The molecule has 0 bridgehead atoms. The fourth-order valence-corrected chi connectivity index (χ4v) is 1.90. The molecule has 0 aliphatic heterocycles. The summed E-state index contributed by atoms with van der Waals surface area (Å²) in [7, 11) is 0. The van der Waals surface area contributed by atoms with Gasteiger partial charge in [-0.25, -0.2) is 13.6 Å². The molecule has 1 aromatic carbocycles. The highest BCUT2D eigenvalue weighted by atomic mass is 19.2. The van der Waals surface area contributed by atoms with E-state index in [4.69, 9.17) is 15.9 Å². The Morgan fingerprint density at radius 1 is 1.36 bits per heavy atom. The van der Waals surface area contributed by atoms with E-state index < -0.39 is 17.8 Å². The van der Waals surface area contributed by atoms with E-state index in [0.29, 0.717) is 11.3 Å². The smallest absolute Gasteiger partial charge is 0.433 e. The molecule has 4 nitrogen and oxygen atoms in total. The molecule has 1 aromatic heterocycles. The van der Waals surface area contributed by atoms with Crippen molar-refractivity contribution in [3.8, 4) is 18.1 Å². The molecule has 0 saturated heterocycles. The predicted molar refractivity (Wildman–Crippen MR) is 76.6 cm³/mol. The third-order valence-corrected chi connectivity index (χ3v) is 3.12. The van der Waals surface area contributed by atoms with E-state index in [1.165, 1.54) is 6.07 Å². The number of hydrogen-bond acceptors (Lipinski definition) is 4. The van der Waals surface area contributed by atoms with E-state index >= 15 is 0 Å². The van der Waals surface area contributed by atoms with Crippen LogP contribution >= 0.6 is 0 Å². The summed E-state index contributed by atoms with van der Waals surface area (Å²) >= 11 is 0. The van der Waals surface area contributed by atoms with Crippen molar-refractivity contribution in [3.05, 3.63) is 35.0 Å². The van der Waals surface area contributed by atoms with Crippen molar-refractivity contribution in [3.63, 3.8) is 0 Å². The number of aryl methyl sites for hydroxylation is 1. The number of nitrogens with zero attached hydrogens (tertiary/aromatic N) is 1. The molecule has 0 atom stereocenters. The van der Waals surface area contributed by atoms with Gasteiger partial charge in [0.2, 0.25) is 0 Å². The van der Waals surface area contributed by atoms with Gasteiger partial charge in [0.15, 0.2) is 17.4 Å². The van der Waals surface area contributed by atoms with Crippen LogP contribution in [0, 0.1) is 37.8 Å². The van der Waals surface area contributed by atoms with Crippen molar-refractivity contribution in [1.82, 2.24) is 4.98 Å². The second-order valence-electron chi connectivity index (χ2n) is 4.56. The van der Waals surface area contributed by atoms with Crippen LogP contribution in [0.25, 0.3) is 10.9 Å². The maximum atomic E-state index is 14.1. The maximum absolute atomic E-state index is 14.1. The lowest BCUT2D eigenvalue weighted by molar-refractivity contribution is 0.101. The van der Waals surface area contributed by atoms with E-state index in [0.717, 1.165) is 6.07 Å². The Hall–Kier alpha value is -2.68. The predicted octanol–water partition coefficient (Wildman–Crippen LogP) is 3.67. The van der Waals surface area contributed by atoms with Gasteiger partial charge in [0.25, 0.3) is 0 Å². The lowest BCUT2D eigenvalue weighted by atomic mass is 10.1. The van der Waals surface area contributed by atoms with Crippen LogP contribution in [0.5, 0.6) is 5.75 Å². The summed E-state index contributed by atoms with van der Waals surface area (Å²) in [4.78, 5) is 15.8. The van der Waals surface area contributed by atoms with Crippen LogP contribution in [0.15, 0.2) is 12.1 Å². The highest BCUT2D eigenvalue weighted by Crippen LogP contribution is 2.33. The summed E-state index contributed by atoms with van der Waals surface area (Å²) < 4.78 is 37.3. The topological polar surface area (TPSA) is 48.4 Å². The van der Waals surface area contributed by atoms with Crippen molar-refractivity contribution in [2.24, 2.45) is 0 Å². The number of halogens is 2. The quantitative estimate of drug-likeness (QED) is 0.493. The average Bonchev–Trinajstić information content (AvgIpc) is 2.48. The minimum absolute atomic E-state index is 0.0206. The zero-order valence-electron chi connectivity index (χ0n) is 12.1. The number of pyridine rings is 1. The lowest BCUT2D eigenvalue weighted by Gasteiger charge is -2.13. The molecule has 0 unspecified atom stereocenters. The summed E-state index contributed by atoms with van der Waals surface area (Å²) in [6.07, 6.45) is 4.24. The van der Waals surface area contributed by atoms with Gasteiger partial charge in [0.1, 0.15) is 6.61 Å². The Morgan fingerprint density at radius 3 is 2.77 bits per heavy atom. The van der Waals surface area contributed by atoms with Gasteiger partial charge in [0.05, 0.1) is 10.9 Å². The van der Waals surface area contributed by atoms with Crippen molar-refractivity contribution >= 4 is 17.1 Å². The molecule has 0 amide bonds. The minimum Gasteiger partial charge on any atom is -0.433 e. The largest absolute Gasteiger partial charge is 0.513 e. The van der Waals surface area contributed by atoms with Crippen LogP contribution in [-0.4, -0.2) is 17.7 Å². The van der Waals surface area contributed by atoms with Gasteiger partial charge in [-0.2, -0.15) is 0 Å². The Kier molecular flexibility index (Phi) is 4.56. The van der Waals surface area contributed by atoms with Crippen LogP contribution in [0.1, 0.15) is 17.7 Å². The van der Waals surface area contributed by atoms with Gasteiger partial charge in [-0.15, -0.1) is 12.3 Å². The van der Waals surface area contributed by atoms with Crippen molar-refractivity contribution in [1.29, 1.82) is 0 Å². The number of rotatable bonds is 3. The molecule has 22 heavy (non-hydrogen) atoms. The number of fused-ring (bicyclic) bond motifs is 1. The molecule has 0 aliphatic rings. The Labute approximate surface area is 126 Å². The van der Waals surface area contributed by atoms with Gasteiger partial charge in [-0.05, 0) is 26.0 Å². The molecule has 0 N–H and O–H groups in total. The van der Waals surface area contributed by atoms with E-state index in [1.54, 1.807) is 13.8 Å². The second kappa shape index (κ2) is 6.39. The minimum atomic E-state index is -1.13. The number of carbonyl (C=O) groups is 1. The first-order valence-corrected chi connectivity index (χ1v) is 6.48. The van der Waals surface area contributed by atoms with Crippen molar-refractivity contribution < 1.29 is 23.0 Å². The van der Waals surface area contributed by atoms with Crippen LogP contribution in [-0.2, 0) is 4.74 Å². The average molecular weight is 305 g/mol. The summed E-state index contributed by atoms with van der Waals surface area (Å²) in [5.74, 6) is 0.0169. The van der Waals surface area contributed by atoms with E-state index in [-0.39, 0.29) is 29.7 Å². The van der Waals surface area contributed by atoms with Gasteiger partial charge < -0.3 is 9.47 Å². The van der Waals surface area contributed by atoms with Gasteiger partial charge >= 0.3 is 6.16 Å². The van der Waals surface area contributed by atoms with E-state index in [2.05, 4.69) is 10.9 Å². The molecule has 114 valence electrons. The van der Waals surface area contributed by atoms with Crippen LogP contribution < -0.4 is 4.74 Å². The normalized spacial score (nSPS) is 10.3. The fourth-order valence-electron chi connectivity index (χ4n) is 1.90. The Balaban J connectivity index is 2.47. The molecule has 6 heteroatoms. The molecule has 0 saturated carbocycles. The summed E-state index contributed by atoms with van der Waals surface area (Å²) in [6.45, 7) is 3.25.